The third kappa shape index (κ3) is 5.14. The quantitative estimate of drug-likeness (QED) is 0.584. The molecule has 0 unspecified atom stereocenters. The summed E-state index contributed by atoms with van der Waals surface area (Å²) in [6.07, 6.45) is -2.43. The van der Waals surface area contributed by atoms with Gasteiger partial charge in [-0.15, -0.1) is 0 Å². The maximum Gasteiger partial charge on any atom is 0.434 e. The van der Waals surface area contributed by atoms with Crippen molar-refractivity contribution in [1.82, 2.24) is 20.0 Å². The summed E-state index contributed by atoms with van der Waals surface area (Å²) >= 11 is 5.83. The minimum Gasteiger partial charge on any atom is -0.349 e. The molecule has 168 valence electrons. The van der Waals surface area contributed by atoms with E-state index in [1.807, 2.05) is 18.2 Å². The molecule has 0 spiro atoms. The Morgan fingerprint density at radius 1 is 1.06 bits per heavy atom. The Labute approximate surface area is 188 Å². The maximum absolute atomic E-state index is 13.8. The van der Waals surface area contributed by atoms with Gasteiger partial charge in [-0.2, -0.15) is 18.3 Å². The highest BCUT2D eigenvalue weighted by molar-refractivity contribution is 6.30. The average molecular weight is 463 g/mol. The molecule has 3 aromatic rings. The zero-order chi connectivity index (χ0) is 22.7. The summed E-state index contributed by atoms with van der Waals surface area (Å²) in [4.78, 5) is 15.0. The van der Waals surface area contributed by atoms with Gasteiger partial charge in [0.15, 0.2) is 5.69 Å². The molecule has 1 N–H and O–H groups in total. The van der Waals surface area contributed by atoms with Gasteiger partial charge in [-0.25, -0.2) is 4.68 Å². The molecule has 0 bridgehead atoms. The third-order valence-corrected chi connectivity index (χ3v) is 5.78. The van der Waals surface area contributed by atoms with E-state index < -0.39 is 23.3 Å². The molecule has 1 fully saturated rings. The molecule has 9 heteroatoms. The molecule has 0 aliphatic carbocycles. The van der Waals surface area contributed by atoms with E-state index >= 15 is 0 Å². The first-order valence-electron chi connectivity index (χ1n) is 10.3. The summed E-state index contributed by atoms with van der Waals surface area (Å²) in [5.74, 6) is -0.765. The lowest BCUT2D eigenvalue weighted by molar-refractivity contribution is -0.143. The minimum absolute atomic E-state index is 0.176. The highest BCUT2D eigenvalue weighted by Gasteiger charge is 2.41. The number of benzene rings is 2. The fourth-order valence-electron chi connectivity index (χ4n) is 3.91. The number of alkyl halides is 3. The molecule has 1 aliphatic heterocycles. The van der Waals surface area contributed by atoms with Gasteiger partial charge in [-0.05, 0) is 42.7 Å². The molecule has 0 radical (unpaired) electrons. The SMILES string of the molecule is O=C(NC1CCN(Cc2ccccc2)CC1)c1cnn(-c2ccc(Cl)cc2)c1C(F)(F)F. The number of amides is 1. The number of hydrogen-bond donors (Lipinski definition) is 1. The number of rotatable bonds is 5. The van der Waals surface area contributed by atoms with Gasteiger partial charge in [0.2, 0.25) is 0 Å². The standard InChI is InChI=1S/C23H22ClF3N4O/c24-17-6-8-19(9-7-17)31-21(23(25,26)27)20(14-28-31)22(32)29-18-10-12-30(13-11-18)15-16-4-2-1-3-5-16/h1-9,14,18H,10-13,15H2,(H,29,32). The number of nitrogens with one attached hydrogen (secondary N) is 1. The predicted molar refractivity (Wildman–Crippen MR) is 116 cm³/mol. The highest BCUT2D eigenvalue weighted by atomic mass is 35.5. The van der Waals surface area contributed by atoms with Crippen molar-refractivity contribution in [2.75, 3.05) is 13.1 Å². The minimum atomic E-state index is -4.75. The van der Waals surface area contributed by atoms with Crippen LogP contribution in [0.15, 0.2) is 60.8 Å². The van der Waals surface area contributed by atoms with E-state index in [2.05, 4.69) is 27.4 Å². The van der Waals surface area contributed by atoms with Gasteiger partial charge in [0, 0.05) is 30.7 Å². The van der Waals surface area contributed by atoms with Gasteiger partial charge in [0.25, 0.3) is 5.91 Å². The molecule has 1 aliphatic rings. The smallest absolute Gasteiger partial charge is 0.349 e. The Morgan fingerprint density at radius 2 is 1.72 bits per heavy atom. The summed E-state index contributed by atoms with van der Waals surface area (Å²) in [6.45, 7) is 2.33. The van der Waals surface area contributed by atoms with Crippen LogP contribution in [0.5, 0.6) is 0 Å². The Balaban J connectivity index is 1.44. The van der Waals surface area contributed by atoms with Crippen molar-refractivity contribution in [1.29, 1.82) is 0 Å². The van der Waals surface area contributed by atoms with Gasteiger partial charge >= 0.3 is 6.18 Å². The van der Waals surface area contributed by atoms with E-state index in [0.717, 1.165) is 30.5 Å². The molecule has 4 rings (SSSR count). The summed E-state index contributed by atoms with van der Waals surface area (Å²) in [6, 6.07) is 15.7. The van der Waals surface area contributed by atoms with Gasteiger partial charge < -0.3 is 5.32 Å². The van der Waals surface area contributed by atoms with Crippen molar-refractivity contribution in [2.24, 2.45) is 0 Å². The first kappa shape index (κ1) is 22.4. The monoisotopic (exact) mass is 462 g/mol. The molecule has 1 saturated heterocycles. The number of hydrogen-bond acceptors (Lipinski definition) is 3. The largest absolute Gasteiger partial charge is 0.434 e. The molecular weight excluding hydrogens is 441 g/mol. The van der Waals surface area contributed by atoms with Crippen molar-refractivity contribution < 1.29 is 18.0 Å². The second-order valence-electron chi connectivity index (χ2n) is 7.80. The molecule has 2 heterocycles. The summed E-state index contributed by atoms with van der Waals surface area (Å²) in [5, 5.41) is 7.00. The number of aromatic nitrogens is 2. The zero-order valence-electron chi connectivity index (χ0n) is 17.1. The molecule has 1 amide bonds. The summed E-state index contributed by atoms with van der Waals surface area (Å²) in [7, 11) is 0. The Bertz CT molecular complexity index is 1060. The van der Waals surface area contributed by atoms with Crippen LogP contribution in [-0.4, -0.2) is 39.7 Å². The fraction of sp³-hybridized carbons (Fsp3) is 0.304. The second kappa shape index (κ2) is 9.34. The normalized spacial score (nSPS) is 15.6. The van der Waals surface area contributed by atoms with E-state index in [1.165, 1.54) is 29.8 Å². The van der Waals surface area contributed by atoms with E-state index in [4.69, 9.17) is 11.6 Å². The second-order valence-corrected chi connectivity index (χ2v) is 8.24. The molecule has 0 atom stereocenters. The number of carbonyl (C=O) groups excluding carboxylic acids is 1. The van der Waals surface area contributed by atoms with Crippen LogP contribution in [0.1, 0.15) is 34.5 Å². The first-order chi connectivity index (χ1) is 15.3. The molecule has 32 heavy (non-hydrogen) atoms. The van der Waals surface area contributed by atoms with Gasteiger partial charge in [-0.3, -0.25) is 9.69 Å². The number of halogens is 4. The van der Waals surface area contributed by atoms with Crippen molar-refractivity contribution in [3.05, 3.63) is 82.6 Å². The maximum atomic E-state index is 13.8. The Hall–Kier alpha value is -2.84. The van der Waals surface area contributed by atoms with Crippen LogP contribution in [-0.2, 0) is 12.7 Å². The van der Waals surface area contributed by atoms with Gasteiger partial charge in [-0.1, -0.05) is 41.9 Å². The molecule has 5 nitrogen and oxygen atoms in total. The van der Waals surface area contributed by atoms with Crippen LogP contribution in [0, 0.1) is 0 Å². The average Bonchev–Trinajstić information content (AvgIpc) is 3.22. The number of piperidine rings is 1. The number of likely N-dealkylation sites (tertiary alicyclic amines) is 1. The molecule has 0 saturated carbocycles. The highest BCUT2D eigenvalue weighted by Crippen LogP contribution is 2.34. The van der Waals surface area contributed by atoms with Crippen LogP contribution >= 0.6 is 11.6 Å². The van der Waals surface area contributed by atoms with Gasteiger partial charge in [0.1, 0.15) is 0 Å². The van der Waals surface area contributed by atoms with Gasteiger partial charge in [0.05, 0.1) is 17.4 Å². The van der Waals surface area contributed by atoms with Crippen LogP contribution in [0.4, 0.5) is 13.2 Å². The lowest BCUT2D eigenvalue weighted by atomic mass is 10.0. The van der Waals surface area contributed by atoms with Crippen LogP contribution in [0.25, 0.3) is 5.69 Å². The lowest BCUT2D eigenvalue weighted by Gasteiger charge is -2.32. The molecule has 1 aromatic heterocycles. The van der Waals surface area contributed by atoms with Crippen molar-refractivity contribution in [2.45, 2.75) is 31.6 Å². The molecular formula is C23H22ClF3N4O. The van der Waals surface area contributed by atoms with Crippen LogP contribution in [0.2, 0.25) is 5.02 Å². The number of nitrogens with zero attached hydrogens (tertiary/aromatic N) is 3. The van der Waals surface area contributed by atoms with E-state index in [0.29, 0.717) is 17.9 Å². The van der Waals surface area contributed by atoms with Crippen LogP contribution < -0.4 is 5.32 Å². The van der Waals surface area contributed by atoms with E-state index in [-0.39, 0.29) is 11.7 Å². The third-order valence-electron chi connectivity index (χ3n) is 5.53. The fourth-order valence-corrected chi connectivity index (χ4v) is 4.03. The zero-order valence-corrected chi connectivity index (χ0v) is 17.9. The molecule has 2 aromatic carbocycles. The Kier molecular flexibility index (Phi) is 6.53. The summed E-state index contributed by atoms with van der Waals surface area (Å²) in [5.41, 5.74) is -0.201. The lowest BCUT2D eigenvalue weighted by Crippen LogP contribution is -2.44. The Morgan fingerprint density at radius 3 is 2.34 bits per heavy atom. The first-order valence-corrected chi connectivity index (χ1v) is 10.7. The van der Waals surface area contributed by atoms with E-state index in [1.54, 1.807) is 0 Å². The summed E-state index contributed by atoms with van der Waals surface area (Å²) < 4.78 is 42.2. The number of carbonyl (C=O) groups is 1. The predicted octanol–water partition coefficient (Wildman–Crippen LogP) is 4.94. The van der Waals surface area contributed by atoms with Crippen molar-refractivity contribution >= 4 is 17.5 Å². The van der Waals surface area contributed by atoms with Crippen LogP contribution in [0.3, 0.4) is 0 Å². The van der Waals surface area contributed by atoms with E-state index in [9.17, 15) is 18.0 Å². The van der Waals surface area contributed by atoms with Crippen molar-refractivity contribution in [3.63, 3.8) is 0 Å². The van der Waals surface area contributed by atoms with Crippen molar-refractivity contribution in [3.8, 4) is 5.69 Å². The topological polar surface area (TPSA) is 50.2 Å².